The van der Waals surface area contributed by atoms with Gasteiger partial charge in [0.25, 0.3) is 5.91 Å². The van der Waals surface area contributed by atoms with Crippen molar-refractivity contribution >= 4 is 21.6 Å². The molecule has 1 aliphatic rings. The van der Waals surface area contributed by atoms with E-state index in [4.69, 9.17) is 0 Å². The molecular formula is C14H17N5O3S. The number of anilines is 1. The summed E-state index contributed by atoms with van der Waals surface area (Å²) in [5.74, 6) is 0.331. The fourth-order valence-electron chi connectivity index (χ4n) is 2.63. The summed E-state index contributed by atoms with van der Waals surface area (Å²) >= 11 is 0. The van der Waals surface area contributed by atoms with Crippen LogP contribution in [0, 0.1) is 0 Å². The van der Waals surface area contributed by atoms with E-state index in [1.165, 1.54) is 16.9 Å². The highest BCUT2D eigenvalue weighted by Crippen LogP contribution is 2.30. The third-order valence-electron chi connectivity index (χ3n) is 3.79. The molecule has 0 aliphatic carbocycles. The van der Waals surface area contributed by atoms with Crippen molar-refractivity contribution in [2.45, 2.75) is 19.4 Å². The van der Waals surface area contributed by atoms with Gasteiger partial charge in [-0.3, -0.25) is 14.2 Å². The standard InChI is InChI=1S/C14H17N5O3S/c1-9(13-15-8-16-18-13)17-14(20)11-3-4-12-10(7-11)5-6-19(12)23(2,21)22/h3-4,7-9H,5-6H2,1-2H3,(H,17,20)(H,15,16,18). The molecule has 1 atom stereocenters. The summed E-state index contributed by atoms with van der Waals surface area (Å²) in [6.45, 7) is 2.21. The van der Waals surface area contributed by atoms with Crippen LogP contribution < -0.4 is 9.62 Å². The normalized spacial score (nSPS) is 15.3. The first-order chi connectivity index (χ1) is 10.9. The Morgan fingerprint density at radius 2 is 2.22 bits per heavy atom. The fourth-order valence-corrected chi connectivity index (χ4v) is 3.59. The van der Waals surface area contributed by atoms with Crippen LogP contribution >= 0.6 is 0 Å². The van der Waals surface area contributed by atoms with Crippen LogP contribution in [-0.2, 0) is 16.4 Å². The highest BCUT2D eigenvalue weighted by molar-refractivity contribution is 7.92. The molecule has 9 heteroatoms. The zero-order chi connectivity index (χ0) is 16.6. The maximum Gasteiger partial charge on any atom is 0.251 e. The molecule has 0 saturated heterocycles. The summed E-state index contributed by atoms with van der Waals surface area (Å²) in [7, 11) is -3.28. The van der Waals surface area contributed by atoms with Crippen LogP contribution in [0.3, 0.4) is 0 Å². The first-order valence-electron chi connectivity index (χ1n) is 7.13. The van der Waals surface area contributed by atoms with Crippen molar-refractivity contribution in [3.8, 4) is 0 Å². The molecule has 1 amide bonds. The molecule has 2 heterocycles. The lowest BCUT2D eigenvalue weighted by atomic mass is 10.1. The fraction of sp³-hybridized carbons (Fsp3) is 0.357. The lowest BCUT2D eigenvalue weighted by Gasteiger charge is -2.16. The lowest BCUT2D eigenvalue weighted by Crippen LogP contribution is -2.28. The first kappa shape index (κ1) is 15.5. The van der Waals surface area contributed by atoms with Crippen LogP contribution in [0.15, 0.2) is 24.5 Å². The number of fused-ring (bicyclic) bond motifs is 1. The summed E-state index contributed by atoms with van der Waals surface area (Å²) in [5, 5.41) is 9.29. The first-order valence-corrected chi connectivity index (χ1v) is 8.98. The molecule has 8 nitrogen and oxygen atoms in total. The van der Waals surface area contributed by atoms with Crippen molar-refractivity contribution < 1.29 is 13.2 Å². The second-order valence-corrected chi connectivity index (χ2v) is 7.40. The predicted octanol–water partition coefficient (Wildman–Crippen LogP) is 0.618. The monoisotopic (exact) mass is 335 g/mol. The van der Waals surface area contributed by atoms with Crippen LogP contribution in [0.4, 0.5) is 5.69 Å². The minimum atomic E-state index is -3.28. The number of sulfonamides is 1. The molecule has 3 rings (SSSR count). The second-order valence-electron chi connectivity index (χ2n) is 5.49. The highest BCUT2D eigenvalue weighted by Gasteiger charge is 2.27. The second kappa shape index (κ2) is 5.65. The largest absolute Gasteiger partial charge is 0.342 e. The number of amides is 1. The number of aromatic nitrogens is 3. The van der Waals surface area contributed by atoms with Gasteiger partial charge in [0, 0.05) is 12.1 Å². The van der Waals surface area contributed by atoms with E-state index in [1.54, 1.807) is 25.1 Å². The summed E-state index contributed by atoms with van der Waals surface area (Å²) < 4.78 is 24.8. The number of aromatic amines is 1. The molecule has 122 valence electrons. The highest BCUT2D eigenvalue weighted by atomic mass is 32.2. The Morgan fingerprint density at radius 3 is 2.87 bits per heavy atom. The SMILES string of the molecule is CC(NC(=O)c1ccc2c(c1)CCN2S(C)(=O)=O)c1ncn[nH]1. The van der Waals surface area contributed by atoms with Crippen molar-refractivity contribution in [2.24, 2.45) is 0 Å². The van der Waals surface area contributed by atoms with Gasteiger partial charge in [-0.05, 0) is 37.1 Å². The smallest absolute Gasteiger partial charge is 0.251 e. The molecule has 1 aromatic heterocycles. The van der Waals surface area contributed by atoms with Gasteiger partial charge in [-0.15, -0.1) is 0 Å². The van der Waals surface area contributed by atoms with E-state index in [0.717, 1.165) is 5.56 Å². The minimum Gasteiger partial charge on any atom is -0.342 e. The molecule has 1 aromatic carbocycles. The van der Waals surface area contributed by atoms with Crippen molar-refractivity contribution in [1.29, 1.82) is 0 Å². The van der Waals surface area contributed by atoms with Gasteiger partial charge in [-0.25, -0.2) is 13.4 Å². The third kappa shape index (κ3) is 3.04. The van der Waals surface area contributed by atoms with Crippen molar-refractivity contribution in [3.05, 3.63) is 41.5 Å². The van der Waals surface area contributed by atoms with Gasteiger partial charge in [0.15, 0.2) is 0 Å². The van der Waals surface area contributed by atoms with E-state index in [2.05, 4.69) is 20.5 Å². The number of rotatable bonds is 4. The maximum atomic E-state index is 12.3. The molecule has 0 spiro atoms. The van der Waals surface area contributed by atoms with E-state index < -0.39 is 10.0 Å². The number of nitrogens with one attached hydrogen (secondary N) is 2. The molecule has 0 bridgehead atoms. The van der Waals surface area contributed by atoms with Crippen LogP contribution in [0.1, 0.15) is 34.7 Å². The van der Waals surface area contributed by atoms with Crippen LogP contribution in [0.25, 0.3) is 0 Å². The number of hydrogen-bond acceptors (Lipinski definition) is 5. The summed E-state index contributed by atoms with van der Waals surface area (Å²) in [4.78, 5) is 16.3. The predicted molar refractivity (Wildman–Crippen MR) is 84.6 cm³/mol. The number of hydrogen-bond donors (Lipinski definition) is 2. The number of nitrogens with zero attached hydrogens (tertiary/aromatic N) is 3. The maximum absolute atomic E-state index is 12.3. The van der Waals surface area contributed by atoms with E-state index in [0.29, 0.717) is 30.0 Å². The van der Waals surface area contributed by atoms with Crippen molar-refractivity contribution in [1.82, 2.24) is 20.5 Å². The molecule has 23 heavy (non-hydrogen) atoms. The van der Waals surface area contributed by atoms with Gasteiger partial charge in [-0.1, -0.05) is 0 Å². The third-order valence-corrected chi connectivity index (χ3v) is 4.97. The Hall–Kier alpha value is -2.42. The number of benzene rings is 1. The quantitative estimate of drug-likeness (QED) is 0.851. The number of H-pyrrole nitrogens is 1. The lowest BCUT2D eigenvalue weighted by molar-refractivity contribution is 0.0938. The van der Waals surface area contributed by atoms with Crippen molar-refractivity contribution in [2.75, 3.05) is 17.1 Å². The van der Waals surface area contributed by atoms with Crippen molar-refractivity contribution in [3.63, 3.8) is 0 Å². The van der Waals surface area contributed by atoms with Gasteiger partial charge >= 0.3 is 0 Å². The topological polar surface area (TPSA) is 108 Å². The summed E-state index contributed by atoms with van der Waals surface area (Å²) in [6.07, 6.45) is 3.16. The zero-order valence-corrected chi connectivity index (χ0v) is 13.6. The van der Waals surface area contributed by atoms with E-state index >= 15 is 0 Å². The van der Waals surface area contributed by atoms with Gasteiger partial charge in [0.2, 0.25) is 10.0 Å². The summed E-state index contributed by atoms with van der Waals surface area (Å²) in [6, 6.07) is 4.75. The Kier molecular flexibility index (Phi) is 3.80. The Bertz CT molecular complexity index is 832. The number of carbonyl (C=O) groups is 1. The molecular weight excluding hydrogens is 318 g/mol. The molecule has 2 aromatic rings. The molecule has 0 radical (unpaired) electrons. The van der Waals surface area contributed by atoms with Crippen LogP contribution in [0.5, 0.6) is 0 Å². The molecule has 1 unspecified atom stereocenters. The Morgan fingerprint density at radius 1 is 1.43 bits per heavy atom. The average Bonchev–Trinajstić information content (AvgIpc) is 3.15. The molecule has 0 saturated carbocycles. The summed E-state index contributed by atoms with van der Waals surface area (Å²) in [5.41, 5.74) is 1.99. The molecule has 1 aliphatic heterocycles. The van der Waals surface area contributed by atoms with Gasteiger partial charge < -0.3 is 5.32 Å². The Labute approximate surface area is 134 Å². The van der Waals surface area contributed by atoms with Crippen LogP contribution in [0.2, 0.25) is 0 Å². The van der Waals surface area contributed by atoms with Crippen LogP contribution in [-0.4, -0.2) is 42.3 Å². The zero-order valence-electron chi connectivity index (χ0n) is 12.8. The van der Waals surface area contributed by atoms with Gasteiger partial charge in [-0.2, -0.15) is 5.10 Å². The average molecular weight is 335 g/mol. The number of carbonyl (C=O) groups excluding carboxylic acids is 1. The van der Waals surface area contributed by atoms with E-state index in [9.17, 15) is 13.2 Å². The molecule has 0 fully saturated rings. The van der Waals surface area contributed by atoms with Gasteiger partial charge in [0.05, 0.1) is 18.0 Å². The minimum absolute atomic E-state index is 0.241. The Balaban J connectivity index is 1.79. The van der Waals surface area contributed by atoms with Gasteiger partial charge in [0.1, 0.15) is 12.2 Å². The van der Waals surface area contributed by atoms with E-state index in [-0.39, 0.29) is 11.9 Å². The molecule has 2 N–H and O–H groups in total. The van der Waals surface area contributed by atoms with E-state index in [1.807, 2.05) is 0 Å².